The number of carbonyl (C=O) groups is 2. The van der Waals surface area contributed by atoms with Gasteiger partial charge in [-0.1, -0.05) is 6.92 Å². The van der Waals surface area contributed by atoms with Gasteiger partial charge in [0.2, 0.25) is 5.91 Å². The summed E-state index contributed by atoms with van der Waals surface area (Å²) in [6, 6.07) is 4.60. The first-order valence-electron chi connectivity index (χ1n) is 6.93. The van der Waals surface area contributed by atoms with Gasteiger partial charge >= 0.3 is 0 Å². The first-order chi connectivity index (χ1) is 10.1. The predicted molar refractivity (Wildman–Crippen MR) is 77.7 cm³/mol. The number of amides is 2. The number of hydrogen-bond donors (Lipinski definition) is 1. The maximum Gasteiger partial charge on any atom is 0.254 e. The Bertz CT molecular complexity index is 544. The summed E-state index contributed by atoms with van der Waals surface area (Å²) in [6.45, 7) is 2.89. The van der Waals surface area contributed by atoms with Crippen molar-refractivity contribution in [2.24, 2.45) is 0 Å². The second kappa shape index (κ2) is 6.47. The van der Waals surface area contributed by atoms with Gasteiger partial charge in [-0.05, 0) is 24.6 Å². The van der Waals surface area contributed by atoms with Crippen molar-refractivity contribution in [3.8, 4) is 11.5 Å². The van der Waals surface area contributed by atoms with Gasteiger partial charge in [-0.3, -0.25) is 9.59 Å². The third-order valence-corrected chi connectivity index (χ3v) is 3.61. The van der Waals surface area contributed by atoms with Gasteiger partial charge in [-0.25, -0.2) is 0 Å². The zero-order valence-electron chi connectivity index (χ0n) is 12.5. The highest BCUT2D eigenvalue weighted by Gasteiger charge is 2.32. The van der Waals surface area contributed by atoms with E-state index in [9.17, 15) is 9.59 Å². The Balaban J connectivity index is 2.28. The molecule has 1 atom stereocenters. The van der Waals surface area contributed by atoms with E-state index in [4.69, 9.17) is 9.47 Å². The van der Waals surface area contributed by atoms with Crippen molar-refractivity contribution in [2.75, 3.05) is 27.3 Å². The molecular formula is C15H20N2O4. The molecule has 0 aliphatic carbocycles. The van der Waals surface area contributed by atoms with Crippen molar-refractivity contribution in [3.63, 3.8) is 0 Å². The number of rotatable bonds is 4. The molecule has 1 fully saturated rings. The lowest BCUT2D eigenvalue weighted by Crippen LogP contribution is -2.56. The molecule has 0 spiro atoms. The lowest BCUT2D eigenvalue weighted by molar-refractivity contribution is -0.127. The molecule has 1 unspecified atom stereocenters. The van der Waals surface area contributed by atoms with Gasteiger partial charge in [0.1, 0.15) is 6.04 Å². The molecule has 2 rings (SSSR count). The van der Waals surface area contributed by atoms with Gasteiger partial charge in [0, 0.05) is 18.7 Å². The van der Waals surface area contributed by atoms with Crippen molar-refractivity contribution in [1.29, 1.82) is 0 Å². The van der Waals surface area contributed by atoms with Crippen LogP contribution in [0.15, 0.2) is 18.2 Å². The molecule has 6 nitrogen and oxygen atoms in total. The minimum absolute atomic E-state index is 0.0995. The summed E-state index contributed by atoms with van der Waals surface area (Å²) in [5, 5.41) is 2.78. The Morgan fingerprint density at radius 2 is 2.05 bits per heavy atom. The molecule has 1 aliphatic rings. The Hall–Kier alpha value is -2.24. The number of methoxy groups -OCH3 is 2. The summed E-state index contributed by atoms with van der Waals surface area (Å²) in [7, 11) is 3.07. The van der Waals surface area contributed by atoms with E-state index < -0.39 is 6.04 Å². The lowest BCUT2D eigenvalue weighted by Gasteiger charge is -2.34. The van der Waals surface area contributed by atoms with Crippen molar-refractivity contribution in [2.45, 2.75) is 19.4 Å². The normalized spacial score (nSPS) is 18.1. The van der Waals surface area contributed by atoms with Gasteiger partial charge in [-0.2, -0.15) is 0 Å². The van der Waals surface area contributed by atoms with Crippen LogP contribution in [0.25, 0.3) is 0 Å². The summed E-state index contributed by atoms with van der Waals surface area (Å²) in [6.07, 6.45) is 0.588. The van der Waals surface area contributed by atoms with E-state index in [1.165, 1.54) is 7.11 Å². The molecule has 1 aromatic carbocycles. The number of carbonyl (C=O) groups excluding carboxylic acids is 2. The van der Waals surface area contributed by atoms with E-state index in [1.54, 1.807) is 30.2 Å². The number of nitrogens with one attached hydrogen (secondary N) is 1. The lowest BCUT2D eigenvalue weighted by atomic mass is 10.1. The quantitative estimate of drug-likeness (QED) is 0.901. The maximum absolute atomic E-state index is 12.6. The molecule has 1 N–H and O–H groups in total. The van der Waals surface area contributed by atoms with Crippen LogP contribution in [0.2, 0.25) is 0 Å². The van der Waals surface area contributed by atoms with Crippen molar-refractivity contribution >= 4 is 11.8 Å². The van der Waals surface area contributed by atoms with Crippen LogP contribution >= 0.6 is 0 Å². The van der Waals surface area contributed by atoms with Crippen molar-refractivity contribution < 1.29 is 19.1 Å². The monoisotopic (exact) mass is 292 g/mol. The van der Waals surface area contributed by atoms with Crippen molar-refractivity contribution in [1.82, 2.24) is 10.2 Å². The van der Waals surface area contributed by atoms with E-state index in [2.05, 4.69) is 5.32 Å². The highest BCUT2D eigenvalue weighted by atomic mass is 16.5. The summed E-state index contributed by atoms with van der Waals surface area (Å²) in [5.74, 6) is 0.797. The van der Waals surface area contributed by atoms with E-state index in [1.807, 2.05) is 6.92 Å². The molecule has 0 bridgehead atoms. The fraction of sp³-hybridized carbons (Fsp3) is 0.467. The summed E-state index contributed by atoms with van der Waals surface area (Å²) in [5.41, 5.74) is 0.487. The van der Waals surface area contributed by atoms with Crippen LogP contribution in [0.1, 0.15) is 23.7 Å². The molecule has 1 aliphatic heterocycles. The molecule has 1 aromatic rings. The van der Waals surface area contributed by atoms with Crippen LogP contribution in [0, 0.1) is 0 Å². The SMILES string of the molecule is CCC1C(=O)NCCN1C(=O)c1ccc(OC)c(OC)c1. The van der Waals surface area contributed by atoms with E-state index in [0.29, 0.717) is 36.6 Å². The molecule has 0 radical (unpaired) electrons. The topological polar surface area (TPSA) is 67.9 Å². The molecule has 6 heteroatoms. The number of hydrogen-bond acceptors (Lipinski definition) is 4. The molecule has 2 amide bonds. The van der Waals surface area contributed by atoms with Crippen LogP contribution in [0.5, 0.6) is 11.5 Å². The van der Waals surface area contributed by atoms with Gasteiger partial charge in [0.15, 0.2) is 11.5 Å². The molecule has 21 heavy (non-hydrogen) atoms. The highest BCUT2D eigenvalue weighted by Crippen LogP contribution is 2.28. The zero-order chi connectivity index (χ0) is 15.4. The molecule has 114 valence electrons. The minimum atomic E-state index is -0.417. The van der Waals surface area contributed by atoms with E-state index in [0.717, 1.165) is 0 Å². The largest absolute Gasteiger partial charge is 0.493 e. The third kappa shape index (κ3) is 2.94. The number of ether oxygens (including phenoxy) is 2. The predicted octanol–water partition coefficient (Wildman–Crippen LogP) is 1.05. The van der Waals surface area contributed by atoms with E-state index in [-0.39, 0.29) is 11.8 Å². The average molecular weight is 292 g/mol. The van der Waals surface area contributed by atoms with Gasteiger partial charge in [0.25, 0.3) is 5.91 Å². The first-order valence-corrected chi connectivity index (χ1v) is 6.93. The standard InChI is InChI=1S/C15H20N2O4/c1-4-11-14(18)16-7-8-17(11)15(19)10-5-6-12(20-2)13(9-10)21-3/h5-6,9,11H,4,7-8H2,1-3H3,(H,16,18). The Labute approximate surface area is 124 Å². The van der Waals surface area contributed by atoms with Gasteiger partial charge in [0.05, 0.1) is 14.2 Å². The molecule has 0 saturated carbocycles. The second-order valence-corrected chi connectivity index (χ2v) is 4.78. The van der Waals surface area contributed by atoms with Crippen LogP contribution in [-0.2, 0) is 4.79 Å². The number of nitrogens with zero attached hydrogens (tertiary/aromatic N) is 1. The van der Waals surface area contributed by atoms with Gasteiger partial charge < -0.3 is 19.7 Å². The Morgan fingerprint density at radius 3 is 2.67 bits per heavy atom. The molecule has 1 saturated heterocycles. The van der Waals surface area contributed by atoms with Crippen LogP contribution in [-0.4, -0.2) is 50.1 Å². The summed E-state index contributed by atoms with van der Waals surface area (Å²) >= 11 is 0. The number of piperazine rings is 1. The minimum Gasteiger partial charge on any atom is -0.493 e. The van der Waals surface area contributed by atoms with Crippen LogP contribution in [0.4, 0.5) is 0 Å². The van der Waals surface area contributed by atoms with Crippen LogP contribution in [0.3, 0.4) is 0 Å². The first kappa shape index (κ1) is 15.2. The van der Waals surface area contributed by atoms with Crippen molar-refractivity contribution in [3.05, 3.63) is 23.8 Å². The molecule has 0 aromatic heterocycles. The van der Waals surface area contributed by atoms with Crippen LogP contribution < -0.4 is 14.8 Å². The summed E-state index contributed by atoms with van der Waals surface area (Å²) < 4.78 is 10.4. The third-order valence-electron chi connectivity index (χ3n) is 3.61. The fourth-order valence-electron chi connectivity index (χ4n) is 2.50. The highest BCUT2D eigenvalue weighted by molar-refractivity contribution is 5.98. The number of benzene rings is 1. The summed E-state index contributed by atoms with van der Waals surface area (Å²) in [4.78, 5) is 26.1. The maximum atomic E-state index is 12.6. The Morgan fingerprint density at radius 1 is 1.33 bits per heavy atom. The zero-order valence-corrected chi connectivity index (χ0v) is 12.5. The fourth-order valence-corrected chi connectivity index (χ4v) is 2.50. The van der Waals surface area contributed by atoms with E-state index >= 15 is 0 Å². The van der Waals surface area contributed by atoms with Gasteiger partial charge in [-0.15, -0.1) is 0 Å². The second-order valence-electron chi connectivity index (χ2n) is 4.78. The smallest absolute Gasteiger partial charge is 0.254 e. The molecular weight excluding hydrogens is 272 g/mol. The average Bonchev–Trinajstić information content (AvgIpc) is 2.53. The Kier molecular flexibility index (Phi) is 4.67. The molecule has 1 heterocycles.